The minimum absolute atomic E-state index is 0.295. The second kappa shape index (κ2) is 4.82. The molecule has 1 N–H and O–H groups in total. The third-order valence-electron chi connectivity index (χ3n) is 2.62. The van der Waals surface area contributed by atoms with E-state index in [1.807, 2.05) is 17.7 Å². The summed E-state index contributed by atoms with van der Waals surface area (Å²) in [5.74, 6) is 0. The molecule has 0 saturated carbocycles. The maximum Gasteiger partial charge on any atom is 0.328 e. The molecule has 2 rings (SSSR count). The van der Waals surface area contributed by atoms with Crippen molar-refractivity contribution in [2.75, 3.05) is 0 Å². The normalized spacial score (nSPS) is 10.6. The van der Waals surface area contributed by atoms with Gasteiger partial charge >= 0.3 is 5.69 Å². The molecule has 90 valence electrons. The Hall–Kier alpha value is -2.11. The Bertz CT molecular complexity index is 595. The fraction of sp³-hybridized carbons (Fsp3) is 0.364. The Balaban J connectivity index is 2.21. The molecule has 0 atom stereocenters. The number of aromatic nitrogens is 4. The van der Waals surface area contributed by atoms with Crippen LogP contribution in [0.2, 0.25) is 0 Å². The van der Waals surface area contributed by atoms with Crippen molar-refractivity contribution in [3.8, 4) is 0 Å². The summed E-state index contributed by atoms with van der Waals surface area (Å²) in [6, 6.07) is 0. The number of rotatable bonds is 4. The first-order valence-corrected chi connectivity index (χ1v) is 5.49. The molecule has 0 saturated heterocycles. The number of H-pyrrole nitrogens is 1. The number of nitrogens with one attached hydrogen (secondary N) is 1. The number of imidazole rings is 1. The molecule has 0 spiro atoms. The van der Waals surface area contributed by atoms with E-state index in [1.54, 1.807) is 18.7 Å². The maximum atomic E-state index is 11.6. The zero-order valence-electron chi connectivity index (χ0n) is 9.59. The van der Waals surface area contributed by atoms with Gasteiger partial charge < -0.3 is 4.57 Å². The lowest BCUT2D eigenvalue weighted by Gasteiger charge is -2.07. The highest BCUT2D eigenvalue weighted by molar-refractivity contribution is 5.03. The molecule has 2 heterocycles. The lowest BCUT2D eigenvalue weighted by atomic mass is 10.3. The topological polar surface area (TPSA) is 72.7 Å². The fourth-order valence-corrected chi connectivity index (χ4v) is 1.61. The number of hydrogen-bond donors (Lipinski definition) is 1. The van der Waals surface area contributed by atoms with Gasteiger partial charge in [0, 0.05) is 37.2 Å². The van der Waals surface area contributed by atoms with Gasteiger partial charge in [-0.05, 0) is 6.42 Å². The van der Waals surface area contributed by atoms with Crippen LogP contribution in [0.4, 0.5) is 0 Å². The largest absolute Gasteiger partial charge is 0.336 e. The predicted octanol–water partition coefficient (Wildman–Crippen LogP) is -0.00430. The summed E-state index contributed by atoms with van der Waals surface area (Å²) in [5.41, 5.74) is -0.0427. The first kappa shape index (κ1) is 11.4. The van der Waals surface area contributed by atoms with Gasteiger partial charge in [0.2, 0.25) is 0 Å². The van der Waals surface area contributed by atoms with Crippen molar-refractivity contribution in [2.24, 2.45) is 0 Å². The van der Waals surface area contributed by atoms with Gasteiger partial charge in [0.1, 0.15) is 0 Å². The van der Waals surface area contributed by atoms with Crippen molar-refractivity contribution in [3.63, 3.8) is 0 Å². The molecule has 0 bridgehead atoms. The van der Waals surface area contributed by atoms with E-state index in [1.165, 1.54) is 4.57 Å². The molecule has 0 amide bonds. The van der Waals surface area contributed by atoms with Gasteiger partial charge in [-0.1, -0.05) is 6.92 Å². The third kappa shape index (κ3) is 2.52. The van der Waals surface area contributed by atoms with E-state index in [0.717, 1.165) is 0 Å². The van der Waals surface area contributed by atoms with Gasteiger partial charge in [-0.15, -0.1) is 0 Å². The molecule has 0 aliphatic rings. The molecule has 2 aromatic rings. The van der Waals surface area contributed by atoms with E-state index in [-0.39, 0.29) is 11.2 Å². The summed E-state index contributed by atoms with van der Waals surface area (Å²) in [6.45, 7) is 3.04. The van der Waals surface area contributed by atoms with Gasteiger partial charge in [-0.2, -0.15) is 0 Å². The van der Waals surface area contributed by atoms with Gasteiger partial charge in [-0.3, -0.25) is 14.3 Å². The average Bonchev–Trinajstić information content (AvgIpc) is 2.81. The molecule has 0 aliphatic heterocycles. The number of aromatic amines is 1. The Morgan fingerprint density at radius 1 is 1.35 bits per heavy atom. The number of nitrogens with zero attached hydrogens (tertiary/aromatic N) is 3. The van der Waals surface area contributed by atoms with E-state index >= 15 is 0 Å². The number of hydrogen-bond acceptors (Lipinski definition) is 3. The second-order valence-corrected chi connectivity index (χ2v) is 3.76. The molecule has 0 fully saturated rings. The average molecular weight is 234 g/mol. The van der Waals surface area contributed by atoms with Gasteiger partial charge in [0.05, 0.1) is 6.33 Å². The van der Waals surface area contributed by atoms with Crippen LogP contribution in [0.5, 0.6) is 0 Å². The highest BCUT2D eigenvalue weighted by Crippen LogP contribution is 1.92. The van der Waals surface area contributed by atoms with E-state index in [4.69, 9.17) is 0 Å². The van der Waals surface area contributed by atoms with Crippen LogP contribution >= 0.6 is 0 Å². The third-order valence-corrected chi connectivity index (χ3v) is 2.62. The number of aryl methyl sites for hydroxylation is 3. The summed E-state index contributed by atoms with van der Waals surface area (Å²) < 4.78 is 3.39. The van der Waals surface area contributed by atoms with Crippen LogP contribution in [0.1, 0.15) is 12.5 Å². The molecular formula is C11H14N4O2. The first-order chi connectivity index (χ1) is 8.20. The van der Waals surface area contributed by atoms with Crippen molar-refractivity contribution < 1.29 is 0 Å². The quantitative estimate of drug-likeness (QED) is 0.809. The molecular weight excluding hydrogens is 220 g/mol. The summed E-state index contributed by atoms with van der Waals surface area (Å²) >= 11 is 0. The molecule has 0 aromatic carbocycles. The van der Waals surface area contributed by atoms with Crippen molar-refractivity contribution in [3.05, 3.63) is 51.3 Å². The molecule has 0 radical (unpaired) electrons. The van der Waals surface area contributed by atoms with E-state index in [2.05, 4.69) is 9.97 Å². The lowest BCUT2D eigenvalue weighted by molar-refractivity contribution is 0.550. The van der Waals surface area contributed by atoms with Crippen LogP contribution < -0.4 is 11.2 Å². The SMILES string of the molecule is CCc1cn(CCn2ccnc2)c(=O)[nH]c1=O. The van der Waals surface area contributed by atoms with Crippen LogP contribution in [-0.4, -0.2) is 19.1 Å². The highest BCUT2D eigenvalue weighted by Gasteiger charge is 2.02. The molecule has 0 aliphatic carbocycles. The van der Waals surface area contributed by atoms with Crippen molar-refractivity contribution in [1.29, 1.82) is 0 Å². The van der Waals surface area contributed by atoms with Crippen molar-refractivity contribution in [1.82, 2.24) is 19.1 Å². The van der Waals surface area contributed by atoms with Crippen LogP contribution in [0, 0.1) is 0 Å². The van der Waals surface area contributed by atoms with Crippen LogP contribution in [0.15, 0.2) is 34.5 Å². The second-order valence-electron chi connectivity index (χ2n) is 3.76. The zero-order chi connectivity index (χ0) is 12.3. The standard InChI is InChI=1S/C11H14N4O2/c1-2-9-7-15(11(17)13-10(9)16)6-5-14-4-3-12-8-14/h3-4,7-8H,2,5-6H2,1H3,(H,13,16,17). The van der Waals surface area contributed by atoms with Crippen LogP contribution in [-0.2, 0) is 19.5 Å². The summed E-state index contributed by atoms with van der Waals surface area (Å²) in [5, 5.41) is 0. The highest BCUT2D eigenvalue weighted by atomic mass is 16.2. The minimum Gasteiger partial charge on any atom is -0.336 e. The summed E-state index contributed by atoms with van der Waals surface area (Å²) in [7, 11) is 0. The summed E-state index contributed by atoms with van der Waals surface area (Å²) in [6.07, 6.45) is 7.45. The Morgan fingerprint density at radius 3 is 2.82 bits per heavy atom. The van der Waals surface area contributed by atoms with Crippen molar-refractivity contribution in [2.45, 2.75) is 26.4 Å². The Labute approximate surface area is 97.6 Å². The Morgan fingerprint density at radius 2 is 2.18 bits per heavy atom. The van der Waals surface area contributed by atoms with Crippen LogP contribution in [0.25, 0.3) is 0 Å². The van der Waals surface area contributed by atoms with Gasteiger partial charge in [-0.25, -0.2) is 9.78 Å². The van der Waals surface area contributed by atoms with Gasteiger partial charge in [0.15, 0.2) is 0 Å². The minimum atomic E-state index is -0.368. The molecule has 0 unspecified atom stereocenters. The summed E-state index contributed by atoms with van der Waals surface area (Å²) in [4.78, 5) is 29.2. The fourth-order valence-electron chi connectivity index (χ4n) is 1.61. The predicted molar refractivity (Wildman–Crippen MR) is 62.9 cm³/mol. The molecule has 6 heteroatoms. The molecule has 2 aromatic heterocycles. The van der Waals surface area contributed by atoms with E-state index in [0.29, 0.717) is 25.1 Å². The van der Waals surface area contributed by atoms with E-state index in [9.17, 15) is 9.59 Å². The van der Waals surface area contributed by atoms with Crippen LogP contribution in [0.3, 0.4) is 0 Å². The smallest absolute Gasteiger partial charge is 0.328 e. The lowest BCUT2D eigenvalue weighted by Crippen LogP contribution is -2.32. The first-order valence-electron chi connectivity index (χ1n) is 5.49. The van der Waals surface area contributed by atoms with Gasteiger partial charge in [0.25, 0.3) is 5.56 Å². The monoisotopic (exact) mass is 234 g/mol. The van der Waals surface area contributed by atoms with E-state index < -0.39 is 0 Å². The zero-order valence-corrected chi connectivity index (χ0v) is 9.59. The molecule has 6 nitrogen and oxygen atoms in total. The molecule has 17 heavy (non-hydrogen) atoms. The van der Waals surface area contributed by atoms with Crippen molar-refractivity contribution >= 4 is 0 Å². The Kier molecular flexibility index (Phi) is 3.22. The maximum absolute atomic E-state index is 11.6.